The van der Waals surface area contributed by atoms with Gasteiger partial charge in [0, 0.05) is 22.7 Å². The molecule has 1 aliphatic carbocycles. The van der Waals surface area contributed by atoms with Gasteiger partial charge in [-0.15, -0.1) is 11.3 Å². The lowest BCUT2D eigenvalue weighted by atomic mass is 9.87. The number of carbonyl (C=O) groups is 1. The lowest BCUT2D eigenvalue weighted by molar-refractivity contribution is -0.0811. The molecule has 5 atom stereocenters. The fraction of sp³-hybridized carbons (Fsp3) is 0.474. The molecule has 6 nitrogen and oxygen atoms in total. The Kier molecular flexibility index (Phi) is 5.36. The standard InChI is InChI=1S/C19H20ClNO5S/c20-10-2-1-3-11(6-10)25-8-13-12-4-5-16(26-17(12)7-15(13)22)18-21-14(9-27-18)19(23)24/h1-3,6,9,12-13,15-17,22H,4-5,7-8H2,(H,23,24)/t12-,13-,15-,16-,17+/m1/s1. The molecule has 1 aromatic heterocycles. The summed E-state index contributed by atoms with van der Waals surface area (Å²) < 4.78 is 12.0. The van der Waals surface area contributed by atoms with Crippen LogP contribution in [0.15, 0.2) is 29.6 Å². The number of benzene rings is 1. The largest absolute Gasteiger partial charge is 0.493 e. The number of aliphatic hydroxyl groups is 1. The van der Waals surface area contributed by atoms with Crippen molar-refractivity contribution < 1.29 is 24.5 Å². The second-order valence-electron chi connectivity index (χ2n) is 7.02. The van der Waals surface area contributed by atoms with E-state index in [9.17, 15) is 9.90 Å². The lowest BCUT2D eigenvalue weighted by Gasteiger charge is -2.33. The molecule has 27 heavy (non-hydrogen) atoms. The Morgan fingerprint density at radius 3 is 3.00 bits per heavy atom. The number of ether oxygens (including phenoxy) is 2. The third kappa shape index (κ3) is 3.96. The molecule has 0 spiro atoms. The van der Waals surface area contributed by atoms with Crippen LogP contribution in [0.4, 0.5) is 0 Å². The maximum absolute atomic E-state index is 11.0. The molecular weight excluding hydrogens is 390 g/mol. The molecule has 1 aromatic carbocycles. The monoisotopic (exact) mass is 409 g/mol. The lowest BCUT2D eigenvalue weighted by Crippen LogP contribution is -2.33. The van der Waals surface area contributed by atoms with Gasteiger partial charge in [-0.05, 0) is 37.0 Å². The first-order valence-electron chi connectivity index (χ1n) is 8.92. The van der Waals surface area contributed by atoms with Crippen LogP contribution in [0.5, 0.6) is 5.75 Å². The maximum atomic E-state index is 11.0. The molecule has 4 rings (SSSR count). The van der Waals surface area contributed by atoms with Gasteiger partial charge in [0.2, 0.25) is 0 Å². The van der Waals surface area contributed by atoms with Crippen LogP contribution >= 0.6 is 22.9 Å². The third-order valence-corrected chi connectivity index (χ3v) is 6.52. The maximum Gasteiger partial charge on any atom is 0.355 e. The number of nitrogens with zero attached hydrogens (tertiary/aromatic N) is 1. The molecule has 2 N–H and O–H groups in total. The summed E-state index contributed by atoms with van der Waals surface area (Å²) >= 11 is 7.30. The summed E-state index contributed by atoms with van der Waals surface area (Å²) in [6.45, 7) is 0.414. The highest BCUT2D eigenvalue weighted by atomic mass is 35.5. The average Bonchev–Trinajstić information content (AvgIpc) is 3.24. The van der Waals surface area contributed by atoms with Crippen LogP contribution in [-0.4, -0.2) is 40.0 Å². The topological polar surface area (TPSA) is 88.9 Å². The van der Waals surface area contributed by atoms with Gasteiger partial charge in [0.05, 0.1) is 18.8 Å². The first-order valence-corrected chi connectivity index (χ1v) is 10.2. The van der Waals surface area contributed by atoms with Gasteiger partial charge in [-0.3, -0.25) is 0 Å². The van der Waals surface area contributed by atoms with Crippen molar-refractivity contribution in [3.8, 4) is 5.75 Å². The first-order chi connectivity index (χ1) is 13.0. The minimum Gasteiger partial charge on any atom is -0.493 e. The van der Waals surface area contributed by atoms with Crippen molar-refractivity contribution in [3.05, 3.63) is 45.4 Å². The Balaban J connectivity index is 1.39. The SMILES string of the molecule is O=C(O)c1csc([C@H]2CC[C@@H]3[C@@H](COc4cccc(Cl)c4)[C@H](O)C[C@@H]3O2)n1. The molecule has 1 saturated carbocycles. The number of thiazole rings is 1. The molecule has 2 fully saturated rings. The van der Waals surface area contributed by atoms with Gasteiger partial charge in [0.25, 0.3) is 0 Å². The van der Waals surface area contributed by atoms with Crippen molar-refractivity contribution in [2.75, 3.05) is 6.61 Å². The van der Waals surface area contributed by atoms with E-state index in [0.29, 0.717) is 28.8 Å². The molecule has 1 saturated heterocycles. The molecule has 2 aliphatic rings. The number of rotatable bonds is 5. The van der Waals surface area contributed by atoms with Crippen molar-refractivity contribution in [3.63, 3.8) is 0 Å². The highest BCUT2D eigenvalue weighted by Gasteiger charge is 2.47. The highest BCUT2D eigenvalue weighted by molar-refractivity contribution is 7.09. The minimum atomic E-state index is -1.03. The van der Waals surface area contributed by atoms with Crippen LogP contribution in [0.3, 0.4) is 0 Å². The quantitative estimate of drug-likeness (QED) is 0.781. The minimum absolute atomic E-state index is 0.000747. The Bertz CT molecular complexity index is 828. The molecule has 1 aliphatic heterocycles. The van der Waals surface area contributed by atoms with Crippen LogP contribution in [0.1, 0.15) is 40.9 Å². The summed E-state index contributed by atoms with van der Waals surface area (Å²) in [4.78, 5) is 15.2. The van der Waals surface area contributed by atoms with Crippen molar-refractivity contribution in [1.82, 2.24) is 4.98 Å². The van der Waals surface area contributed by atoms with E-state index in [0.717, 1.165) is 12.8 Å². The summed E-state index contributed by atoms with van der Waals surface area (Å²) in [7, 11) is 0. The zero-order valence-corrected chi connectivity index (χ0v) is 16.0. The Morgan fingerprint density at radius 1 is 1.41 bits per heavy atom. The van der Waals surface area contributed by atoms with E-state index in [-0.39, 0.29) is 29.7 Å². The first kappa shape index (κ1) is 18.7. The number of aromatic carboxylic acids is 1. The molecule has 0 unspecified atom stereocenters. The summed E-state index contributed by atoms with van der Waals surface area (Å²) in [5.41, 5.74) is 0.0555. The van der Waals surface area contributed by atoms with E-state index in [1.807, 2.05) is 12.1 Å². The second kappa shape index (κ2) is 7.75. The van der Waals surface area contributed by atoms with Gasteiger partial charge in [0.1, 0.15) is 16.9 Å². The number of carboxylic acids is 1. The summed E-state index contributed by atoms with van der Waals surface area (Å²) in [5.74, 6) is -0.118. The number of fused-ring (bicyclic) bond motifs is 1. The van der Waals surface area contributed by atoms with Gasteiger partial charge >= 0.3 is 5.97 Å². The average molecular weight is 410 g/mol. The van der Waals surface area contributed by atoms with Gasteiger partial charge in [-0.1, -0.05) is 17.7 Å². The number of hydrogen-bond acceptors (Lipinski definition) is 6. The van der Waals surface area contributed by atoms with Gasteiger partial charge < -0.3 is 19.7 Å². The predicted molar refractivity (Wildman–Crippen MR) is 100 cm³/mol. The number of carboxylic acid groups (broad SMARTS) is 1. The highest BCUT2D eigenvalue weighted by Crippen LogP contribution is 2.46. The number of hydrogen-bond donors (Lipinski definition) is 2. The molecule has 2 heterocycles. The number of aliphatic hydroxyl groups excluding tert-OH is 1. The van der Waals surface area contributed by atoms with E-state index in [4.69, 9.17) is 26.2 Å². The zero-order chi connectivity index (χ0) is 19.0. The summed E-state index contributed by atoms with van der Waals surface area (Å²) in [6.07, 6.45) is 1.45. The summed E-state index contributed by atoms with van der Waals surface area (Å²) in [5, 5.41) is 22.4. The smallest absolute Gasteiger partial charge is 0.355 e. The van der Waals surface area contributed by atoms with Crippen LogP contribution in [0.2, 0.25) is 5.02 Å². The van der Waals surface area contributed by atoms with Crippen LogP contribution < -0.4 is 4.74 Å². The van der Waals surface area contributed by atoms with E-state index in [2.05, 4.69) is 4.98 Å². The van der Waals surface area contributed by atoms with E-state index >= 15 is 0 Å². The molecule has 0 bridgehead atoms. The van der Waals surface area contributed by atoms with E-state index in [1.165, 1.54) is 16.7 Å². The Morgan fingerprint density at radius 2 is 2.26 bits per heavy atom. The normalized spacial score (nSPS) is 30.1. The van der Waals surface area contributed by atoms with Gasteiger partial charge in [-0.25, -0.2) is 9.78 Å². The van der Waals surface area contributed by atoms with E-state index in [1.54, 1.807) is 12.1 Å². The Labute approximate surface area is 165 Å². The third-order valence-electron chi connectivity index (χ3n) is 5.35. The molecular formula is C19H20ClNO5S. The van der Waals surface area contributed by atoms with Crippen molar-refractivity contribution in [1.29, 1.82) is 0 Å². The zero-order valence-electron chi connectivity index (χ0n) is 14.5. The number of aromatic nitrogens is 1. The molecule has 2 aromatic rings. The van der Waals surface area contributed by atoms with Gasteiger partial charge in [0.15, 0.2) is 5.69 Å². The van der Waals surface area contributed by atoms with E-state index < -0.39 is 12.1 Å². The van der Waals surface area contributed by atoms with Gasteiger partial charge in [-0.2, -0.15) is 0 Å². The molecule has 0 radical (unpaired) electrons. The van der Waals surface area contributed by atoms with Crippen molar-refractivity contribution in [2.24, 2.45) is 11.8 Å². The van der Waals surface area contributed by atoms with Crippen LogP contribution in [0, 0.1) is 11.8 Å². The second-order valence-corrected chi connectivity index (χ2v) is 8.34. The number of halogens is 1. The van der Waals surface area contributed by atoms with Crippen LogP contribution in [-0.2, 0) is 4.74 Å². The molecule has 144 valence electrons. The van der Waals surface area contributed by atoms with Crippen LogP contribution in [0.25, 0.3) is 0 Å². The fourth-order valence-electron chi connectivity index (χ4n) is 4.03. The Hall–Kier alpha value is -1.67. The fourth-order valence-corrected chi connectivity index (χ4v) is 5.07. The molecule has 0 amide bonds. The summed E-state index contributed by atoms with van der Waals surface area (Å²) in [6, 6.07) is 7.23. The van der Waals surface area contributed by atoms with Crippen molar-refractivity contribution in [2.45, 2.75) is 37.6 Å². The predicted octanol–water partition coefficient (Wildman–Crippen LogP) is 3.79. The van der Waals surface area contributed by atoms with Crippen molar-refractivity contribution >= 4 is 28.9 Å². The molecule has 8 heteroatoms.